The van der Waals surface area contributed by atoms with Crippen LogP contribution in [-0.4, -0.2) is 62.2 Å². The van der Waals surface area contributed by atoms with E-state index in [4.69, 9.17) is 0 Å². The molecule has 18 heavy (non-hydrogen) atoms. The molecule has 0 amide bonds. The molecule has 2 unspecified atom stereocenters. The van der Waals surface area contributed by atoms with Crippen molar-refractivity contribution < 1.29 is 0 Å². The Kier molecular flexibility index (Phi) is 6.09. The molecule has 0 aromatic carbocycles. The molecule has 0 aromatic heterocycles. The van der Waals surface area contributed by atoms with E-state index in [-0.39, 0.29) is 0 Å². The molecule has 0 spiro atoms. The van der Waals surface area contributed by atoms with Crippen molar-refractivity contribution in [1.82, 2.24) is 15.1 Å². The van der Waals surface area contributed by atoms with E-state index in [0.29, 0.717) is 11.5 Å². The lowest BCUT2D eigenvalue weighted by Crippen LogP contribution is -2.49. The van der Waals surface area contributed by atoms with Gasteiger partial charge in [-0.15, -0.1) is 0 Å². The smallest absolute Gasteiger partial charge is 0.0223 e. The fourth-order valence-electron chi connectivity index (χ4n) is 2.97. The van der Waals surface area contributed by atoms with Crippen molar-refractivity contribution >= 4 is 0 Å². The summed E-state index contributed by atoms with van der Waals surface area (Å²) in [5, 5.41) is 3.58. The fourth-order valence-corrected chi connectivity index (χ4v) is 2.97. The normalized spacial score (nSPS) is 23.8. The van der Waals surface area contributed by atoms with Crippen molar-refractivity contribution in [2.75, 3.05) is 40.3 Å². The van der Waals surface area contributed by atoms with Crippen LogP contribution < -0.4 is 5.32 Å². The van der Waals surface area contributed by atoms with E-state index in [1.807, 2.05) is 0 Å². The molecule has 0 aliphatic carbocycles. The fraction of sp³-hybridized carbons (Fsp3) is 1.00. The SMILES string of the molecule is CCNC(C)C(C)(C)CN1CCCC1CN(C)C. The molecule has 0 bridgehead atoms. The molecule has 1 saturated heterocycles. The quantitative estimate of drug-likeness (QED) is 0.751. The molecule has 1 rings (SSSR count). The van der Waals surface area contributed by atoms with E-state index in [1.54, 1.807) is 0 Å². The molecular formula is C15H33N3. The van der Waals surface area contributed by atoms with Gasteiger partial charge in [0.25, 0.3) is 0 Å². The van der Waals surface area contributed by atoms with Crippen LogP contribution in [0.5, 0.6) is 0 Å². The molecule has 2 atom stereocenters. The van der Waals surface area contributed by atoms with Gasteiger partial charge in [0, 0.05) is 25.2 Å². The van der Waals surface area contributed by atoms with Gasteiger partial charge in [-0.05, 0) is 52.4 Å². The van der Waals surface area contributed by atoms with Crippen LogP contribution in [-0.2, 0) is 0 Å². The third kappa shape index (κ3) is 4.52. The van der Waals surface area contributed by atoms with Crippen LogP contribution in [0.4, 0.5) is 0 Å². The van der Waals surface area contributed by atoms with Crippen molar-refractivity contribution in [1.29, 1.82) is 0 Å². The van der Waals surface area contributed by atoms with Gasteiger partial charge in [-0.25, -0.2) is 0 Å². The lowest BCUT2D eigenvalue weighted by molar-refractivity contribution is 0.120. The summed E-state index contributed by atoms with van der Waals surface area (Å²) in [6.45, 7) is 14.0. The number of hydrogen-bond donors (Lipinski definition) is 1. The van der Waals surface area contributed by atoms with Gasteiger partial charge < -0.3 is 10.2 Å². The van der Waals surface area contributed by atoms with E-state index < -0.39 is 0 Å². The van der Waals surface area contributed by atoms with Crippen molar-refractivity contribution in [2.24, 2.45) is 5.41 Å². The molecule has 3 nitrogen and oxygen atoms in total. The second-order valence-electron chi connectivity index (χ2n) is 6.80. The lowest BCUT2D eigenvalue weighted by atomic mass is 9.84. The zero-order chi connectivity index (χ0) is 13.8. The summed E-state index contributed by atoms with van der Waals surface area (Å²) in [5.41, 5.74) is 0.338. The van der Waals surface area contributed by atoms with Crippen molar-refractivity contribution in [2.45, 2.75) is 52.6 Å². The first kappa shape index (κ1) is 15.9. The Labute approximate surface area is 114 Å². The number of likely N-dealkylation sites (tertiary alicyclic amines) is 1. The molecule has 1 fully saturated rings. The van der Waals surface area contributed by atoms with E-state index in [0.717, 1.165) is 12.6 Å². The summed E-state index contributed by atoms with van der Waals surface area (Å²) in [6.07, 6.45) is 2.73. The Balaban J connectivity index is 2.53. The molecule has 108 valence electrons. The van der Waals surface area contributed by atoms with Gasteiger partial charge in [-0.3, -0.25) is 4.90 Å². The molecule has 1 N–H and O–H groups in total. The summed E-state index contributed by atoms with van der Waals surface area (Å²) in [4.78, 5) is 5.03. The molecule has 0 radical (unpaired) electrons. The Morgan fingerprint density at radius 2 is 2.06 bits per heavy atom. The minimum absolute atomic E-state index is 0.338. The second-order valence-corrected chi connectivity index (χ2v) is 6.80. The van der Waals surface area contributed by atoms with Gasteiger partial charge in [0.2, 0.25) is 0 Å². The highest BCUT2D eigenvalue weighted by molar-refractivity contribution is 4.89. The van der Waals surface area contributed by atoms with Crippen LogP contribution in [0.3, 0.4) is 0 Å². The van der Waals surface area contributed by atoms with Gasteiger partial charge in [0.05, 0.1) is 0 Å². The van der Waals surface area contributed by atoms with Crippen molar-refractivity contribution in [3.63, 3.8) is 0 Å². The summed E-state index contributed by atoms with van der Waals surface area (Å²) >= 11 is 0. The van der Waals surface area contributed by atoms with Crippen molar-refractivity contribution in [3.05, 3.63) is 0 Å². The van der Waals surface area contributed by atoms with Gasteiger partial charge in [0.15, 0.2) is 0 Å². The van der Waals surface area contributed by atoms with Gasteiger partial charge in [-0.1, -0.05) is 20.8 Å². The minimum Gasteiger partial charge on any atom is -0.314 e. The number of nitrogens with one attached hydrogen (secondary N) is 1. The molecule has 0 saturated carbocycles. The average Bonchev–Trinajstić information content (AvgIpc) is 2.64. The summed E-state index contributed by atoms with van der Waals surface area (Å²) in [5.74, 6) is 0. The van der Waals surface area contributed by atoms with E-state index in [2.05, 4.69) is 56.9 Å². The number of rotatable bonds is 7. The molecule has 1 heterocycles. The number of hydrogen-bond acceptors (Lipinski definition) is 3. The van der Waals surface area contributed by atoms with Crippen LogP contribution in [0.15, 0.2) is 0 Å². The Morgan fingerprint density at radius 3 is 2.61 bits per heavy atom. The van der Waals surface area contributed by atoms with Crippen LogP contribution in [0, 0.1) is 5.41 Å². The maximum absolute atomic E-state index is 3.58. The van der Waals surface area contributed by atoms with Crippen LogP contribution >= 0.6 is 0 Å². The highest BCUT2D eigenvalue weighted by atomic mass is 15.2. The number of nitrogens with zero attached hydrogens (tertiary/aromatic N) is 2. The Hall–Kier alpha value is -0.120. The third-order valence-electron chi connectivity index (χ3n) is 4.37. The first-order valence-electron chi connectivity index (χ1n) is 7.49. The Morgan fingerprint density at radius 1 is 1.39 bits per heavy atom. The molecule has 0 aromatic rings. The molecule has 1 aliphatic rings. The van der Waals surface area contributed by atoms with Gasteiger partial charge in [-0.2, -0.15) is 0 Å². The van der Waals surface area contributed by atoms with Crippen LogP contribution in [0.1, 0.15) is 40.5 Å². The molecular weight excluding hydrogens is 222 g/mol. The topological polar surface area (TPSA) is 18.5 Å². The largest absolute Gasteiger partial charge is 0.314 e. The maximum Gasteiger partial charge on any atom is 0.0223 e. The number of likely N-dealkylation sites (N-methyl/N-ethyl adjacent to an activating group) is 1. The third-order valence-corrected chi connectivity index (χ3v) is 4.37. The highest BCUT2D eigenvalue weighted by Gasteiger charge is 2.33. The predicted molar refractivity (Wildman–Crippen MR) is 80.1 cm³/mol. The molecule has 1 aliphatic heterocycles. The first-order chi connectivity index (χ1) is 8.36. The minimum atomic E-state index is 0.338. The van der Waals surface area contributed by atoms with Crippen LogP contribution in [0.25, 0.3) is 0 Å². The first-order valence-corrected chi connectivity index (χ1v) is 7.49. The van der Waals surface area contributed by atoms with Gasteiger partial charge >= 0.3 is 0 Å². The van der Waals surface area contributed by atoms with Crippen molar-refractivity contribution in [3.8, 4) is 0 Å². The average molecular weight is 255 g/mol. The zero-order valence-electron chi connectivity index (χ0n) is 13.3. The zero-order valence-corrected chi connectivity index (χ0v) is 13.3. The summed E-state index contributed by atoms with van der Waals surface area (Å²) in [7, 11) is 4.37. The van der Waals surface area contributed by atoms with E-state index in [1.165, 1.54) is 32.5 Å². The second kappa shape index (κ2) is 6.88. The standard InChI is InChI=1S/C15H33N3/c1-7-16-13(2)15(3,4)12-18-10-8-9-14(18)11-17(5)6/h13-14,16H,7-12H2,1-6H3. The maximum atomic E-state index is 3.58. The molecule has 3 heteroatoms. The van der Waals surface area contributed by atoms with E-state index >= 15 is 0 Å². The summed E-state index contributed by atoms with van der Waals surface area (Å²) in [6, 6.07) is 1.33. The predicted octanol–water partition coefficient (Wildman–Crippen LogP) is 2.04. The summed E-state index contributed by atoms with van der Waals surface area (Å²) < 4.78 is 0. The Bertz CT molecular complexity index is 238. The van der Waals surface area contributed by atoms with E-state index in [9.17, 15) is 0 Å². The highest BCUT2D eigenvalue weighted by Crippen LogP contribution is 2.27. The lowest BCUT2D eigenvalue weighted by Gasteiger charge is -2.38. The van der Waals surface area contributed by atoms with Gasteiger partial charge in [0.1, 0.15) is 0 Å². The monoisotopic (exact) mass is 255 g/mol. The van der Waals surface area contributed by atoms with Crippen LogP contribution in [0.2, 0.25) is 0 Å².